The van der Waals surface area contributed by atoms with E-state index in [9.17, 15) is 31.1 Å². The van der Waals surface area contributed by atoms with E-state index in [0.29, 0.717) is 26.3 Å². The van der Waals surface area contributed by atoms with Gasteiger partial charge in [-0.15, -0.1) is 0 Å². The third-order valence-corrected chi connectivity index (χ3v) is 4.96. The summed E-state index contributed by atoms with van der Waals surface area (Å²) in [5.41, 5.74) is -1.83. The lowest BCUT2D eigenvalue weighted by molar-refractivity contribution is -0.138. The zero-order chi connectivity index (χ0) is 23.5. The van der Waals surface area contributed by atoms with Gasteiger partial charge in [-0.2, -0.15) is 26.3 Å². The minimum absolute atomic E-state index is 0.0186. The Hall–Kier alpha value is -2.66. The van der Waals surface area contributed by atoms with Crippen molar-refractivity contribution in [3.8, 4) is 0 Å². The van der Waals surface area contributed by atoms with Crippen molar-refractivity contribution in [2.24, 2.45) is 0 Å². The summed E-state index contributed by atoms with van der Waals surface area (Å²) < 4.78 is 84.0. The minimum atomic E-state index is -4.68. The van der Waals surface area contributed by atoms with Crippen LogP contribution in [0.5, 0.6) is 0 Å². The van der Waals surface area contributed by atoms with Crippen molar-refractivity contribution in [1.82, 2.24) is 0 Å². The van der Waals surface area contributed by atoms with Crippen LogP contribution < -0.4 is 15.5 Å². The standard InChI is InChI=1S/C20H18ClF6N3O2/c21-17-2-1-13(10-16(17)20(25,26)27)28-11-18(31)29-14-7-12(19(22,23)24)8-15(9-14)30-3-5-32-6-4-30/h1-2,7-10,28H,3-6,11H2,(H,29,31). The Morgan fingerprint density at radius 2 is 1.66 bits per heavy atom. The first kappa shape index (κ1) is 24.0. The molecule has 2 N–H and O–H groups in total. The van der Waals surface area contributed by atoms with Crippen LogP contribution in [0.2, 0.25) is 5.02 Å². The summed E-state index contributed by atoms with van der Waals surface area (Å²) in [7, 11) is 0. The Labute approximate surface area is 184 Å². The Bertz CT molecular complexity index is 975. The summed E-state index contributed by atoms with van der Waals surface area (Å²) in [6.45, 7) is 1.05. The van der Waals surface area contributed by atoms with Gasteiger partial charge in [0.2, 0.25) is 5.91 Å². The van der Waals surface area contributed by atoms with Crippen molar-refractivity contribution < 1.29 is 35.9 Å². The lowest BCUT2D eigenvalue weighted by atomic mass is 10.1. The van der Waals surface area contributed by atoms with Gasteiger partial charge in [0.15, 0.2) is 0 Å². The summed E-state index contributed by atoms with van der Waals surface area (Å²) in [5, 5.41) is 4.37. The molecule has 1 fully saturated rings. The van der Waals surface area contributed by atoms with Crippen molar-refractivity contribution in [2.45, 2.75) is 12.4 Å². The van der Waals surface area contributed by atoms with Gasteiger partial charge in [-0.3, -0.25) is 4.79 Å². The maximum Gasteiger partial charge on any atom is 0.417 e. The first-order valence-corrected chi connectivity index (χ1v) is 9.77. The van der Waals surface area contributed by atoms with Crippen LogP contribution in [0.3, 0.4) is 0 Å². The number of nitrogens with zero attached hydrogens (tertiary/aromatic N) is 1. The molecule has 174 valence electrons. The van der Waals surface area contributed by atoms with Crippen LogP contribution in [-0.4, -0.2) is 38.8 Å². The van der Waals surface area contributed by atoms with E-state index in [1.807, 2.05) is 0 Å². The number of hydrogen-bond donors (Lipinski definition) is 2. The predicted octanol–water partition coefficient (Wildman–Crippen LogP) is 5.26. The summed E-state index contributed by atoms with van der Waals surface area (Å²) in [6.07, 6.45) is -9.30. The molecule has 0 aromatic heterocycles. The van der Waals surface area contributed by atoms with Gasteiger partial charge in [0.25, 0.3) is 0 Å². The van der Waals surface area contributed by atoms with E-state index in [4.69, 9.17) is 16.3 Å². The fourth-order valence-corrected chi connectivity index (χ4v) is 3.32. The molecule has 1 aliphatic rings. The molecule has 0 unspecified atom stereocenters. The Balaban J connectivity index is 1.73. The molecule has 0 atom stereocenters. The second-order valence-electron chi connectivity index (χ2n) is 6.96. The smallest absolute Gasteiger partial charge is 0.378 e. The van der Waals surface area contributed by atoms with Gasteiger partial charge in [0.1, 0.15) is 0 Å². The van der Waals surface area contributed by atoms with Crippen LogP contribution >= 0.6 is 11.6 Å². The second kappa shape index (κ2) is 9.45. The van der Waals surface area contributed by atoms with Crippen LogP contribution in [0.1, 0.15) is 11.1 Å². The van der Waals surface area contributed by atoms with E-state index in [2.05, 4.69) is 10.6 Å². The monoisotopic (exact) mass is 481 g/mol. The van der Waals surface area contributed by atoms with Crippen molar-refractivity contribution in [3.05, 3.63) is 52.5 Å². The fraction of sp³-hybridized carbons (Fsp3) is 0.350. The number of rotatable bonds is 5. The van der Waals surface area contributed by atoms with Gasteiger partial charge >= 0.3 is 12.4 Å². The molecule has 0 saturated carbocycles. The second-order valence-corrected chi connectivity index (χ2v) is 7.37. The SMILES string of the molecule is O=C(CNc1ccc(Cl)c(C(F)(F)F)c1)Nc1cc(N2CCOCC2)cc(C(F)(F)F)c1. The number of nitrogens with one attached hydrogen (secondary N) is 2. The van der Waals surface area contributed by atoms with Crippen molar-refractivity contribution in [1.29, 1.82) is 0 Å². The lowest BCUT2D eigenvalue weighted by Crippen LogP contribution is -2.36. The third kappa shape index (κ3) is 6.19. The molecular weight excluding hydrogens is 464 g/mol. The normalized spacial score (nSPS) is 14.9. The molecular formula is C20H18ClF6N3O2. The molecule has 5 nitrogen and oxygen atoms in total. The molecule has 0 aliphatic carbocycles. The average molecular weight is 482 g/mol. The maximum atomic E-state index is 13.3. The Morgan fingerprint density at radius 1 is 0.969 bits per heavy atom. The van der Waals surface area contributed by atoms with Crippen LogP contribution in [0, 0.1) is 0 Å². The van der Waals surface area contributed by atoms with Crippen LogP contribution in [-0.2, 0) is 21.9 Å². The van der Waals surface area contributed by atoms with E-state index in [1.165, 1.54) is 12.1 Å². The zero-order valence-electron chi connectivity index (χ0n) is 16.4. The van der Waals surface area contributed by atoms with Crippen molar-refractivity contribution in [3.63, 3.8) is 0 Å². The molecule has 2 aromatic carbocycles. The first-order valence-electron chi connectivity index (χ1n) is 9.39. The highest BCUT2D eigenvalue weighted by Gasteiger charge is 2.34. The topological polar surface area (TPSA) is 53.6 Å². The molecule has 3 rings (SSSR count). The summed E-state index contributed by atoms with van der Waals surface area (Å²) >= 11 is 5.55. The number of carbonyl (C=O) groups excluding carboxylic acids is 1. The number of anilines is 3. The summed E-state index contributed by atoms with van der Waals surface area (Å²) in [4.78, 5) is 14.0. The van der Waals surface area contributed by atoms with Gasteiger partial charge in [0, 0.05) is 30.2 Å². The molecule has 1 heterocycles. The van der Waals surface area contributed by atoms with E-state index < -0.39 is 41.0 Å². The molecule has 32 heavy (non-hydrogen) atoms. The van der Waals surface area contributed by atoms with E-state index in [1.54, 1.807) is 4.90 Å². The molecule has 0 radical (unpaired) electrons. The summed E-state index contributed by atoms with van der Waals surface area (Å²) in [5.74, 6) is -0.735. The fourth-order valence-electron chi connectivity index (χ4n) is 3.09. The quantitative estimate of drug-likeness (QED) is 0.572. The lowest BCUT2D eigenvalue weighted by Gasteiger charge is -2.29. The largest absolute Gasteiger partial charge is 0.417 e. The Morgan fingerprint density at radius 3 is 2.28 bits per heavy atom. The molecule has 0 bridgehead atoms. The van der Waals surface area contributed by atoms with Gasteiger partial charge in [-0.25, -0.2) is 0 Å². The number of morpholine rings is 1. The molecule has 1 aliphatic heterocycles. The molecule has 0 spiro atoms. The average Bonchev–Trinajstić information content (AvgIpc) is 2.72. The Kier molecular flexibility index (Phi) is 7.09. The highest BCUT2D eigenvalue weighted by atomic mass is 35.5. The molecule has 1 amide bonds. The van der Waals surface area contributed by atoms with Crippen LogP contribution in [0.25, 0.3) is 0 Å². The predicted molar refractivity (Wildman–Crippen MR) is 108 cm³/mol. The van der Waals surface area contributed by atoms with Gasteiger partial charge < -0.3 is 20.3 Å². The highest BCUT2D eigenvalue weighted by Crippen LogP contribution is 2.36. The van der Waals surface area contributed by atoms with Crippen molar-refractivity contribution >= 4 is 34.6 Å². The van der Waals surface area contributed by atoms with E-state index in [-0.39, 0.29) is 17.1 Å². The molecule has 1 saturated heterocycles. The van der Waals surface area contributed by atoms with Crippen LogP contribution in [0.4, 0.5) is 43.4 Å². The molecule has 12 heteroatoms. The zero-order valence-corrected chi connectivity index (χ0v) is 17.2. The first-order chi connectivity index (χ1) is 14.9. The van der Waals surface area contributed by atoms with E-state index >= 15 is 0 Å². The number of benzene rings is 2. The number of carbonyl (C=O) groups is 1. The van der Waals surface area contributed by atoms with Gasteiger partial charge in [-0.05, 0) is 36.4 Å². The third-order valence-electron chi connectivity index (χ3n) is 4.63. The maximum absolute atomic E-state index is 13.3. The van der Waals surface area contributed by atoms with Crippen LogP contribution in [0.15, 0.2) is 36.4 Å². The van der Waals surface area contributed by atoms with Gasteiger partial charge in [0.05, 0.1) is 35.9 Å². The number of alkyl halides is 6. The number of amides is 1. The highest BCUT2D eigenvalue weighted by molar-refractivity contribution is 6.31. The number of halogens is 7. The van der Waals surface area contributed by atoms with Gasteiger partial charge in [-0.1, -0.05) is 11.6 Å². The van der Waals surface area contributed by atoms with Crippen molar-refractivity contribution in [2.75, 3.05) is 48.4 Å². The number of hydrogen-bond acceptors (Lipinski definition) is 4. The van der Waals surface area contributed by atoms with E-state index in [0.717, 1.165) is 24.3 Å². The summed E-state index contributed by atoms with van der Waals surface area (Å²) in [6, 6.07) is 6.23. The minimum Gasteiger partial charge on any atom is -0.378 e. The molecule has 2 aromatic rings. The number of ether oxygens (including phenoxy) is 1.